The summed E-state index contributed by atoms with van der Waals surface area (Å²) in [5.74, 6) is 0. The molecule has 3 rings (SSSR count). The fourth-order valence-corrected chi connectivity index (χ4v) is 5.43. The summed E-state index contributed by atoms with van der Waals surface area (Å²) < 4.78 is 51.2. The molecule has 2 aromatic heterocycles. The van der Waals surface area contributed by atoms with Gasteiger partial charge < -0.3 is 5.32 Å². The standard InChI is InChI=1S/C17H18N2O4S3.ClH/c1-18-10-13-8-17(14-6-7-24-12-14)19(11-13)26(22,23)16-5-3-4-15(9-16)25(2,20)21;/h3-9,11-12,18H,10H2,1-2H3;1H. The number of sulfone groups is 1. The minimum Gasteiger partial charge on any atom is -0.316 e. The number of aromatic nitrogens is 1. The Morgan fingerprint density at radius 1 is 1.07 bits per heavy atom. The molecule has 0 atom stereocenters. The Hall–Kier alpha value is -1.65. The summed E-state index contributed by atoms with van der Waals surface area (Å²) in [5, 5.41) is 6.75. The van der Waals surface area contributed by atoms with Gasteiger partial charge in [-0.1, -0.05) is 6.07 Å². The molecular formula is C17H19ClN2O4S3. The molecule has 1 aromatic carbocycles. The molecule has 0 saturated carbocycles. The lowest BCUT2D eigenvalue weighted by Gasteiger charge is -2.10. The third-order valence-corrected chi connectivity index (χ3v) is 7.29. The molecule has 0 unspecified atom stereocenters. The lowest BCUT2D eigenvalue weighted by atomic mass is 10.2. The van der Waals surface area contributed by atoms with Gasteiger partial charge in [0.1, 0.15) is 0 Å². The summed E-state index contributed by atoms with van der Waals surface area (Å²) in [4.78, 5) is -0.0956. The average molecular weight is 447 g/mol. The number of halogens is 1. The van der Waals surface area contributed by atoms with E-state index in [0.717, 1.165) is 17.4 Å². The predicted octanol–water partition coefficient (Wildman–Crippen LogP) is 3.00. The maximum atomic E-state index is 13.2. The zero-order valence-corrected chi connectivity index (χ0v) is 17.9. The molecule has 146 valence electrons. The molecule has 0 radical (unpaired) electrons. The van der Waals surface area contributed by atoms with Crippen molar-refractivity contribution in [1.29, 1.82) is 0 Å². The van der Waals surface area contributed by atoms with Gasteiger partial charge >= 0.3 is 0 Å². The third kappa shape index (κ3) is 4.44. The molecule has 0 amide bonds. The van der Waals surface area contributed by atoms with Crippen LogP contribution in [0.5, 0.6) is 0 Å². The smallest absolute Gasteiger partial charge is 0.268 e. The van der Waals surface area contributed by atoms with Crippen LogP contribution in [0.1, 0.15) is 5.56 Å². The first-order valence-corrected chi connectivity index (χ1v) is 11.9. The van der Waals surface area contributed by atoms with Crippen molar-refractivity contribution in [3.05, 3.63) is 58.9 Å². The first-order valence-electron chi connectivity index (χ1n) is 7.67. The van der Waals surface area contributed by atoms with Gasteiger partial charge in [-0.2, -0.15) is 11.3 Å². The Morgan fingerprint density at radius 2 is 1.78 bits per heavy atom. The van der Waals surface area contributed by atoms with Gasteiger partial charge in [0.2, 0.25) is 0 Å². The van der Waals surface area contributed by atoms with E-state index < -0.39 is 19.9 Å². The van der Waals surface area contributed by atoms with Gasteiger partial charge in [0.05, 0.1) is 15.5 Å². The third-order valence-electron chi connectivity index (χ3n) is 3.83. The maximum absolute atomic E-state index is 13.2. The zero-order valence-electron chi connectivity index (χ0n) is 14.6. The van der Waals surface area contributed by atoms with Crippen molar-refractivity contribution in [2.24, 2.45) is 0 Å². The van der Waals surface area contributed by atoms with Crippen molar-refractivity contribution in [3.63, 3.8) is 0 Å². The van der Waals surface area contributed by atoms with E-state index >= 15 is 0 Å². The number of nitrogens with one attached hydrogen (secondary N) is 1. The summed E-state index contributed by atoms with van der Waals surface area (Å²) in [5.41, 5.74) is 2.15. The minimum atomic E-state index is -3.95. The van der Waals surface area contributed by atoms with Crippen LogP contribution in [0.3, 0.4) is 0 Å². The van der Waals surface area contributed by atoms with Gasteiger partial charge in [-0.3, -0.25) is 0 Å². The van der Waals surface area contributed by atoms with Crippen LogP contribution in [0.15, 0.2) is 63.1 Å². The Morgan fingerprint density at radius 3 is 2.37 bits per heavy atom. The highest BCUT2D eigenvalue weighted by atomic mass is 35.5. The average Bonchev–Trinajstić information content (AvgIpc) is 3.24. The highest BCUT2D eigenvalue weighted by Crippen LogP contribution is 2.29. The first kappa shape index (κ1) is 21.6. The molecule has 10 heteroatoms. The quantitative estimate of drug-likeness (QED) is 0.629. The Labute approximate surface area is 169 Å². The first-order chi connectivity index (χ1) is 12.2. The molecule has 0 aliphatic carbocycles. The zero-order chi connectivity index (χ0) is 18.9. The van der Waals surface area contributed by atoms with Crippen molar-refractivity contribution in [3.8, 4) is 11.3 Å². The summed E-state index contributed by atoms with van der Waals surface area (Å²) in [6, 6.07) is 9.08. The van der Waals surface area contributed by atoms with E-state index in [2.05, 4.69) is 5.32 Å². The van der Waals surface area contributed by atoms with E-state index in [4.69, 9.17) is 0 Å². The predicted molar refractivity (Wildman–Crippen MR) is 110 cm³/mol. The van der Waals surface area contributed by atoms with Crippen LogP contribution in [-0.4, -0.2) is 34.1 Å². The Kier molecular flexibility index (Phi) is 6.54. The van der Waals surface area contributed by atoms with Gasteiger partial charge in [0, 0.05) is 29.9 Å². The summed E-state index contributed by atoms with van der Waals surface area (Å²) >= 11 is 1.47. The van der Waals surface area contributed by atoms with Gasteiger partial charge in [-0.25, -0.2) is 20.8 Å². The summed E-state index contributed by atoms with van der Waals surface area (Å²) in [6.07, 6.45) is 2.61. The number of thiophene rings is 1. The second-order valence-electron chi connectivity index (χ2n) is 5.82. The fourth-order valence-electron chi connectivity index (χ4n) is 2.60. The molecule has 2 heterocycles. The Bertz CT molecular complexity index is 1130. The molecule has 0 saturated heterocycles. The molecule has 0 spiro atoms. The number of hydrogen-bond acceptors (Lipinski definition) is 6. The number of rotatable bonds is 6. The SMILES string of the molecule is CNCc1cc(-c2ccsc2)n(S(=O)(=O)c2cccc(S(C)(=O)=O)c2)c1.Cl. The summed E-state index contributed by atoms with van der Waals surface area (Å²) in [7, 11) is -5.67. The normalized spacial score (nSPS) is 11.9. The van der Waals surface area contributed by atoms with Crippen LogP contribution in [0.2, 0.25) is 0 Å². The molecule has 27 heavy (non-hydrogen) atoms. The van der Waals surface area contributed by atoms with Crippen LogP contribution in [0.4, 0.5) is 0 Å². The Balaban J connectivity index is 0.00000261. The highest BCUT2D eigenvalue weighted by molar-refractivity contribution is 7.91. The van der Waals surface area contributed by atoms with Gasteiger partial charge in [0.25, 0.3) is 10.0 Å². The highest BCUT2D eigenvalue weighted by Gasteiger charge is 2.23. The second-order valence-corrected chi connectivity index (χ2v) is 10.4. The van der Waals surface area contributed by atoms with Crippen molar-refractivity contribution >= 4 is 43.6 Å². The van der Waals surface area contributed by atoms with E-state index in [1.807, 2.05) is 22.9 Å². The lowest BCUT2D eigenvalue weighted by Crippen LogP contribution is -2.14. The van der Waals surface area contributed by atoms with E-state index in [-0.39, 0.29) is 22.2 Å². The van der Waals surface area contributed by atoms with Gasteiger partial charge in [-0.15, -0.1) is 12.4 Å². The van der Waals surface area contributed by atoms with E-state index in [1.165, 1.54) is 39.6 Å². The number of nitrogens with zero attached hydrogens (tertiary/aromatic N) is 1. The van der Waals surface area contributed by atoms with Crippen molar-refractivity contribution in [2.45, 2.75) is 16.3 Å². The molecule has 0 bridgehead atoms. The molecule has 1 N–H and O–H groups in total. The maximum Gasteiger partial charge on any atom is 0.268 e. The van der Waals surface area contributed by atoms with Crippen LogP contribution >= 0.6 is 23.7 Å². The van der Waals surface area contributed by atoms with Crippen LogP contribution in [0, 0.1) is 0 Å². The van der Waals surface area contributed by atoms with Crippen molar-refractivity contribution in [2.75, 3.05) is 13.3 Å². The van der Waals surface area contributed by atoms with E-state index in [1.54, 1.807) is 13.2 Å². The number of hydrogen-bond donors (Lipinski definition) is 1. The largest absolute Gasteiger partial charge is 0.316 e. The van der Waals surface area contributed by atoms with Gasteiger partial charge in [0.15, 0.2) is 9.84 Å². The molecule has 0 aliphatic heterocycles. The molecule has 0 fully saturated rings. The fraction of sp³-hybridized carbons (Fsp3) is 0.176. The topological polar surface area (TPSA) is 85.2 Å². The second kappa shape index (κ2) is 8.15. The summed E-state index contributed by atoms with van der Waals surface area (Å²) in [6.45, 7) is 0.517. The van der Waals surface area contributed by atoms with E-state index in [9.17, 15) is 16.8 Å². The monoisotopic (exact) mass is 446 g/mol. The van der Waals surface area contributed by atoms with Crippen LogP contribution < -0.4 is 5.32 Å². The molecule has 6 nitrogen and oxygen atoms in total. The number of benzene rings is 1. The molecular weight excluding hydrogens is 428 g/mol. The molecule has 3 aromatic rings. The van der Waals surface area contributed by atoms with Crippen molar-refractivity contribution in [1.82, 2.24) is 9.29 Å². The molecule has 0 aliphatic rings. The minimum absolute atomic E-state index is 0. The van der Waals surface area contributed by atoms with Crippen LogP contribution in [0.25, 0.3) is 11.3 Å². The van der Waals surface area contributed by atoms with Gasteiger partial charge in [-0.05, 0) is 48.3 Å². The van der Waals surface area contributed by atoms with Crippen LogP contribution in [-0.2, 0) is 26.4 Å². The lowest BCUT2D eigenvalue weighted by molar-refractivity contribution is 0.587. The van der Waals surface area contributed by atoms with E-state index in [0.29, 0.717) is 12.2 Å². The van der Waals surface area contributed by atoms with Crippen molar-refractivity contribution < 1.29 is 16.8 Å².